The highest BCUT2D eigenvalue weighted by Crippen LogP contribution is 2.17. The molecule has 0 saturated carbocycles. The van der Waals surface area contributed by atoms with E-state index >= 15 is 0 Å². The summed E-state index contributed by atoms with van der Waals surface area (Å²) in [4.78, 5) is 34.4. The van der Waals surface area contributed by atoms with Crippen LogP contribution in [0.2, 0.25) is 0 Å². The molecule has 0 atom stereocenters. The molecule has 0 unspecified atom stereocenters. The minimum absolute atomic E-state index is 0.127. The number of anilines is 2. The molecule has 0 radical (unpaired) electrons. The van der Waals surface area contributed by atoms with Crippen molar-refractivity contribution in [3.05, 3.63) is 54.1 Å². The van der Waals surface area contributed by atoms with Gasteiger partial charge in [0, 0.05) is 23.4 Å². The first-order chi connectivity index (χ1) is 12.0. The van der Waals surface area contributed by atoms with Crippen molar-refractivity contribution in [1.82, 2.24) is 0 Å². The number of ether oxygens (including phenoxy) is 1. The van der Waals surface area contributed by atoms with E-state index in [4.69, 9.17) is 9.84 Å². The third kappa shape index (κ3) is 5.65. The maximum absolute atomic E-state index is 12.3. The normalized spacial score (nSPS) is 9.96. The number of carboxylic acids is 1. The fourth-order valence-electron chi connectivity index (χ4n) is 2.06. The minimum Gasteiger partial charge on any atom is -0.497 e. The zero-order chi connectivity index (χ0) is 18.2. The topological polar surface area (TPSA) is 105 Å². The highest BCUT2D eigenvalue weighted by Gasteiger charge is 2.09. The van der Waals surface area contributed by atoms with Crippen molar-refractivity contribution in [2.24, 2.45) is 0 Å². The Morgan fingerprint density at radius 3 is 2.32 bits per heavy atom. The summed E-state index contributed by atoms with van der Waals surface area (Å²) in [7, 11) is 1.56. The van der Waals surface area contributed by atoms with Crippen LogP contribution in [0.4, 0.5) is 11.4 Å². The van der Waals surface area contributed by atoms with Crippen molar-refractivity contribution in [3.63, 3.8) is 0 Å². The first-order valence-electron chi connectivity index (χ1n) is 7.55. The average Bonchev–Trinajstić information content (AvgIpc) is 2.61. The molecule has 0 fully saturated rings. The van der Waals surface area contributed by atoms with Crippen LogP contribution in [0.1, 0.15) is 23.2 Å². The van der Waals surface area contributed by atoms with Crippen LogP contribution in [-0.4, -0.2) is 30.0 Å². The summed E-state index contributed by atoms with van der Waals surface area (Å²) in [5.41, 5.74) is 1.41. The summed E-state index contributed by atoms with van der Waals surface area (Å²) in [5, 5.41) is 13.9. The fraction of sp³-hybridized carbons (Fsp3) is 0.167. The van der Waals surface area contributed by atoms with E-state index in [9.17, 15) is 14.4 Å². The van der Waals surface area contributed by atoms with Gasteiger partial charge in [-0.1, -0.05) is 6.07 Å². The summed E-state index contributed by atoms with van der Waals surface area (Å²) in [6.45, 7) is 0. The fourth-order valence-corrected chi connectivity index (χ4v) is 2.06. The Labute approximate surface area is 144 Å². The minimum atomic E-state index is -1.04. The number of rotatable bonds is 7. The molecule has 7 nitrogen and oxygen atoms in total. The van der Waals surface area contributed by atoms with Crippen molar-refractivity contribution in [1.29, 1.82) is 0 Å². The van der Waals surface area contributed by atoms with E-state index in [1.54, 1.807) is 49.6 Å². The first-order valence-corrected chi connectivity index (χ1v) is 7.55. The third-order valence-corrected chi connectivity index (χ3v) is 3.32. The van der Waals surface area contributed by atoms with E-state index in [2.05, 4.69) is 10.6 Å². The molecule has 0 aromatic heterocycles. The Hall–Kier alpha value is -3.35. The Morgan fingerprint density at radius 2 is 1.68 bits per heavy atom. The lowest BCUT2D eigenvalue weighted by Gasteiger charge is -2.09. The maximum atomic E-state index is 12.3. The molecule has 2 rings (SSSR count). The van der Waals surface area contributed by atoms with Crippen LogP contribution in [0, 0.1) is 0 Å². The molecule has 7 heteroatoms. The molecule has 0 bridgehead atoms. The number of methoxy groups -OCH3 is 1. The molecule has 0 aliphatic rings. The van der Waals surface area contributed by atoms with E-state index < -0.39 is 11.9 Å². The van der Waals surface area contributed by atoms with E-state index in [0.717, 1.165) is 0 Å². The molecular weight excluding hydrogens is 324 g/mol. The Kier molecular flexibility index (Phi) is 6.11. The molecule has 3 N–H and O–H groups in total. The predicted octanol–water partition coefficient (Wildman–Crippen LogP) is 2.75. The van der Waals surface area contributed by atoms with Crippen molar-refractivity contribution < 1.29 is 24.2 Å². The van der Waals surface area contributed by atoms with E-state index in [1.165, 1.54) is 6.07 Å². The van der Waals surface area contributed by atoms with Crippen molar-refractivity contribution >= 4 is 29.2 Å². The maximum Gasteiger partial charge on any atom is 0.303 e. The third-order valence-electron chi connectivity index (χ3n) is 3.32. The number of aliphatic carboxylic acids is 1. The SMILES string of the molecule is COc1ccc(NC(=O)c2cccc(NC(=O)CCC(=O)O)c2)cc1. The van der Waals surface area contributed by atoms with Crippen molar-refractivity contribution in [2.45, 2.75) is 12.8 Å². The summed E-state index contributed by atoms with van der Waals surface area (Å²) < 4.78 is 5.06. The van der Waals surface area contributed by atoms with Gasteiger partial charge < -0.3 is 20.5 Å². The predicted molar refractivity (Wildman–Crippen MR) is 92.9 cm³/mol. The summed E-state index contributed by atoms with van der Waals surface area (Å²) in [6.07, 6.45) is -0.374. The molecule has 0 aliphatic heterocycles. The quantitative estimate of drug-likeness (QED) is 0.717. The van der Waals surface area contributed by atoms with Crippen LogP contribution in [0.25, 0.3) is 0 Å². The number of benzene rings is 2. The molecule has 0 spiro atoms. The average molecular weight is 342 g/mol. The van der Waals surface area contributed by atoms with Crippen LogP contribution in [0.15, 0.2) is 48.5 Å². The van der Waals surface area contributed by atoms with Crippen LogP contribution >= 0.6 is 0 Å². The highest BCUT2D eigenvalue weighted by molar-refractivity contribution is 6.05. The van der Waals surface area contributed by atoms with Gasteiger partial charge in [-0.15, -0.1) is 0 Å². The number of nitrogens with one attached hydrogen (secondary N) is 2. The van der Waals surface area contributed by atoms with Crippen LogP contribution < -0.4 is 15.4 Å². The van der Waals surface area contributed by atoms with Crippen molar-refractivity contribution in [2.75, 3.05) is 17.7 Å². The van der Waals surface area contributed by atoms with Crippen molar-refractivity contribution in [3.8, 4) is 5.75 Å². The second kappa shape index (κ2) is 8.49. The van der Waals surface area contributed by atoms with Gasteiger partial charge >= 0.3 is 5.97 Å². The largest absolute Gasteiger partial charge is 0.497 e. The standard InChI is InChI=1S/C18H18N2O5/c1-25-15-7-5-13(6-8-15)20-18(24)12-3-2-4-14(11-12)19-16(21)9-10-17(22)23/h2-8,11H,9-10H2,1H3,(H,19,21)(H,20,24)(H,22,23). The second-order valence-electron chi connectivity index (χ2n) is 5.21. The van der Waals surface area contributed by atoms with Gasteiger partial charge in [0.2, 0.25) is 5.91 Å². The van der Waals surface area contributed by atoms with Crippen LogP contribution in [-0.2, 0) is 9.59 Å². The van der Waals surface area contributed by atoms with E-state index in [-0.39, 0.29) is 18.7 Å². The number of hydrogen-bond acceptors (Lipinski definition) is 4. The second-order valence-corrected chi connectivity index (χ2v) is 5.21. The molecule has 130 valence electrons. The van der Waals surface area contributed by atoms with E-state index in [1.807, 2.05) is 0 Å². The first kappa shape index (κ1) is 18.0. The Bertz CT molecular complexity index is 771. The number of carbonyl (C=O) groups excluding carboxylic acids is 2. The lowest BCUT2D eigenvalue weighted by atomic mass is 10.1. The number of amides is 2. The Balaban J connectivity index is 2.00. The van der Waals surface area contributed by atoms with Gasteiger partial charge in [0.1, 0.15) is 5.75 Å². The molecule has 0 saturated heterocycles. The van der Waals surface area contributed by atoms with Gasteiger partial charge in [0.15, 0.2) is 0 Å². The molecule has 2 aromatic carbocycles. The number of hydrogen-bond donors (Lipinski definition) is 3. The molecule has 2 aromatic rings. The zero-order valence-electron chi connectivity index (χ0n) is 13.6. The summed E-state index contributed by atoms with van der Waals surface area (Å²) >= 11 is 0. The Morgan fingerprint density at radius 1 is 0.960 bits per heavy atom. The smallest absolute Gasteiger partial charge is 0.303 e. The van der Waals surface area contributed by atoms with Crippen LogP contribution in [0.5, 0.6) is 5.75 Å². The monoisotopic (exact) mass is 342 g/mol. The van der Waals surface area contributed by atoms with Gasteiger partial charge in [-0.2, -0.15) is 0 Å². The highest BCUT2D eigenvalue weighted by atomic mass is 16.5. The van der Waals surface area contributed by atoms with Gasteiger partial charge in [0.25, 0.3) is 5.91 Å². The molecule has 25 heavy (non-hydrogen) atoms. The number of carboxylic acid groups (broad SMARTS) is 1. The van der Waals surface area contributed by atoms with Gasteiger partial charge in [-0.25, -0.2) is 0 Å². The van der Waals surface area contributed by atoms with Gasteiger partial charge in [0.05, 0.1) is 13.5 Å². The van der Waals surface area contributed by atoms with E-state index in [0.29, 0.717) is 22.7 Å². The molecule has 2 amide bonds. The van der Waals surface area contributed by atoms with Crippen LogP contribution in [0.3, 0.4) is 0 Å². The zero-order valence-corrected chi connectivity index (χ0v) is 13.6. The molecule has 0 heterocycles. The molecular formula is C18H18N2O5. The molecule has 0 aliphatic carbocycles. The summed E-state index contributed by atoms with van der Waals surface area (Å²) in [6, 6.07) is 13.3. The number of carbonyl (C=O) groups is 3. The lowest BCUT2D eigenvalue weighted by Crippen LogP contribution is -2.15. The van der Waals surface area contributed by atoms with Gasteiger partial charge in [-0.05, 0) is 42.5 Å². The lowest BCUT2D eigenvalue weighted by molar-refractivity contribution is -0.138. The van der Waals surface area contributed by atoms with Gasteiger partial charge in [-0.3, -0.25) is 14.4 Å². The summed E-state index contributed by atoms with van der Waals surface area (Å²) in [5.74, 6) is -1.10.